The third-order valence-corrected chi connectivity index (χ3v) is 5.87. The van der Waals surface area contributed by atoms with E-state index >= 15 is 0 Å². The molecule has 0 amide bonds. The number of nitrogens with one attached hydrogen (secondary N) is 1. The molecule has 2 aromatic carbocycles. The number of sulfonamides is 1. The summed E-state index contributed by atoms with van der Waals surface area (Å²) >= 11 is 0. The van der Waals surface area contributed by atoms with Gasteiger partial charge >= 0.3 is 0 Å². The Hall–Kier alpha value is -2.03. The van der Waals surface area contributed by atoms with E-state index in [2.05, 4.69) is 4.72 Å². The summed E-state index contributed by atoms with van der Waals surface area (Å²) in [7, 11) is -0.118. The number of fused-ring (bicyclic) bond motifs is 1. The Balaban J connectivity index is 1.72. The standard InChI is InChI=1S/C19H22F2N2O3S/c1-23(2)18(13-3-6-19-14(9-13)7-8-26-19)11-22-27(24,25)12-15-10-16(20)4-5-17(15)21/h3-6,9-10,18,22H,7-8,11-12H2,1-2H3. The summed E-state index contributed by atoms with van der Waals surface area (Å²) in [5.41, 5.74) is 1.87. The molecule has 0 saturated carbocycles. The first kappa shape index (κ1) is 19.7. The van der Waals surface area contributed by atoms with Crippen LogP contribution in [-0.4, -0.2) is 40.6 Å². The van der Waals surface area contributed by atoms with Gasteiger partial charge in [0.05, 0.1) is 12.4 Å². The van der Waals surface area contributed by atoms with E-state index in [4.69, 9.17) is 4.74 Å². The van der Waals surface area contributed by atoms with Crippen molar-refractivity contribution in [1.29, 1.82) is 0 Å². The number of halogens is 2. The van der Waals surface area contributed by atoms with Crippen LogP contribution in [0, 0.1) is 11.6 Å². The Morgan fingerprint density at radius 1 is 1.19 bits per heavy atom. The average molecular weight is 396 g/mol. The number of benzene rings is 2. The van der Waals surface area contributed by atoms with Crippen LogP contribution in [0.3, 0.4) is 0 Å². The fourth-order valence-corrected chi connectivity index (χ4v) is 4.27. The van der Waals surface area contributed by atoms with Crippen LogP contribution in [0.15, 0.2) is 36.4 Å². The summed E-state index contributed by atoms with van der Waals surface area (Å²) < 4.78 is 59.8. The van der Waals surface area contributed by atoms with Crippen molar-refractivity contribution in [2.24, 2.45) is 0 Å². The Morgan fingerprint density at radius 3 is 2.70 bits per heavy atom. The lowest BCUT2D eigenvalue weighted by molar-refractivity contribution is 0.299. The molecule has 1 atom stereocenters. The normalized spacial score (nSPS) is 14.9. The number of likely N-dealkylation sites (N-methyl/N-ethyl adjacent to an activating group) is 1. The lowest BCUT2D eigenvalue weighted by Crippen LogP contribution is -2.35. The summed E-state index contributed by atoms with van der Waals surface area (Å²) in [4.78, 5) is 1.91. The SMILES string of the molecule is CN(C)C(CNS(=O)(=O)Cc1cc(F)ccc1F)c1ccc2c(c1)CCO2. The topological polar surface area (TPSA) is 58.6 Å². The first-order valence-electron chi connectivity index (χ1n) is 8.58. The van der Waals surface area contributed by atoms with Crippen molar-refractivity contribution < 1.29 is 21.9 Å². The third kappa shape index (κ3) is 4.82. The molecule has 0 radical (unpaired) electrons. The average Bonchev–Trinajstić information content (AvgIpc) is 3.05. The molecule has 1 unspecified atom stereocenters. The van der Waals surface area contributed by atoms with Gasteiger partial charge in [-0.1, -0.05) is 12.1 Å². The molecule has 0 bridgehead atoms. The van der Waals surface area contributed by atoms with E-state index in [0.29, 0.717) is 6.61 Å². The van der Waals surface area contributed by atoms with Gasteiger partial charge in [0.2, 0.25) is 10.0 Å². The lowest BCUT2D eigenvalue weighted by atomic mass is 10.0. The van der Waals surface area contributed by atoms with E-state index in [1.807, 2.05) is 37.2 Å². The molecular weight excluding hydrogens is 374 g/mol. The Bertz CT molecular complexity index is 933. The molecule has 1 heterocycles. The predicted octanol–water partition coefficient (Wildman–Crippen LogP) is 2.62. The van der Waals surface area contributed by atoms with Gasteiger partial charge in [-0.3, -0.25) is 0 Å². The molecule has 0 aliphatic carbocycles. The first-order valence-corrected chi connectivity index (χ1v) is 10.2. The van der Waals surface area contributed by atoms with Crippen molar-refractivity contribution in [2.45, 2.75) is 18.2 Å². The maximum Gasteiger partial charge on any atom is 0.215 e. The van der Waals surface area contributed by atoms with Crippen molar-refractivity contribution >= 4 is 10.0 Å². The lowest BCUT2D eigenvalue weighted by Gasteiger charge is -2.25. The highest BCUT2D eigenvalue weighted by Crippen LogP contribution is 2.29. The molecule has 0 spiro atoms. The maximum absolute atomic E-state index is 13.7. The van der Waals surface area contributed by atoms with Gasteiger partial charge < -0.3 is 9.64 Å². The predicted molar refractivity (Wildman–Crippen MR) is 99.1 cm³/mol. The Kier molecular flexibility index (Phi) is 5.78. The van der Waals surface area contributed by atoms with Crippen LogP contribution in [-0.2, 0) is 22.2 Å². The zero-order valence-corrected chi connectivity index (χ0v) is 16.0. The van der Waals surface area contributed by atoms with Gasteiger partial charge in [0.15, 0.2) is 0 Å². The first-order chi connectivity index (χ1) is 12.7. The fourth-order valence-electron chi connectivity index (χ4n) is 3.13. The van der Waals surface area contributed by atoms with Crippen LogP contribution in [0.2, 0.25) is 0 Å². The number of hydrogen-bond donors (Lipinski definition) is 1. The van der Waals surface area contributed by atoms with Crippen LogP contribution in [0.25, 0.3) is 0 Å². The second-order valence-electron chi connectivity index (χ2n) is 6.79. The van der Waals surface area contributed by atoms with Gasteiger partial charge in [-0.05, 0) is 49.5 Å². The monoisotopic (exact) mass is 396 g/mol. The Morgan fingerprint density at radius 2 is 1.96 bits per heavy atom. The molecule has 1 aliphatic heterocycles. The highest BCUT2D eigenvalue weighted by atomic mass is 32.2. The summed E-state index contributed by atoms with van der Waals surface area (Å²) in [6.45, 7) is 0.767. The second-order valence-corrected chi connectivity index (χ2v) is 8.60. The smallest absolute Gasteiger partial charge is 0.215 e. The molecule has 0 fully saturated rings. The van der Waals surface area contributed by atoms with Crippen LogP contribution >= 0.6 is 0 Å². The van der Waals surface area contributed by atoms with Gasteiger partial charge in [0.1, 0.15) is 17.4 Å². The minimum Gasteiger partial charge on any atom is -0.493 e. The van der Waals surface area contributed by atoms with Gasteiger partial charge in [-0.25, -0.2) is 21.9 Å². The third-order valence-electron chi connectivity index (χ3n) is 4.57. The van der Waals surface area contributed by atoms with E-state index in [1.54, 1.807) is 0 Å². The summed E-state index contributed by atoms with van der Waals surface area (Å²) in [6, 6.07) is 8.41. The number of hydrogen-bond acceptors (Lipinski definition) is 4. The van der Waals surface area contributed by atoms with Crippen LogP contribution < -0.4 is 9.46 Å². The largest absolute Gasteiger partial charge is 0.493 e. The molecule has 0 aromatic heterocycles. The molecule has 0 saturated heterocycles. The maximum atomic E-state index is 13.7. The van der Waals surface area contributed by atoms with Gasteiger partial charge in [0, 0.05) is 24.6 Å². The summed E-state index contributed by atoms with van der Waals surface area (Å²) in [5, 5.41) is 0. The molecule has 146 valence electrons. The molecule has 8 heteroatoms. The van der Waals surface area contributed by atoms with Crippen molar-refractivity contribution in [3.05, 3.63) is 64.7 Å². The summed E-state index contributed by atoms with van der Waals surface area (Å²) in [5.74, 6) is -1.18. The van der Waals surface area contributed by atoms with E-state index in [-0.39, 0.29) is 18.2 Å². The number of nitrogens with zero attached hydrogens (tertiary/aromatic N) is 1. The van der Waals surface area contributed by atoms with Crippen LogP contribution in [0.4, 0.5) is 8.78 Å². The van der Waals surface area contributed by atoms with E-state index < -0.39 is 27.4 Å². The van der Waals surface area contributed by atoms with E-state index in [9.17, 15) is 17.2 Å². The van der Waals surface area contributed by atoms with Crippen molar-refractivity contribution in [2.75, 3.05) is 27.2 Å². The number of ether oxygens (including phenoxy) is 1. The number of rotatable bonds is 7. The zero-order valence-electron chi connectivity index (χ0n) is 15.2. The molecular formula is C19H22F2N2O3S. The minimum absolute atomic E-state index is 0.117. The molecule has 1 N–H and O–H groups in total. The second kappa shape index (κ2) is 7.92. The molecule has 5 nitrogen and oxygen atoms in total. The molecule has 1 aliphatic rings. The Labute approximate surface area is 158 Å². The molecule has 3 rings (SSSR count). The van der Waals surface area contributed by atoms with Crippen LogP contribution in [0.1, 0.15) is 22.7 Å². The minimum atomic E-state index is -3.83. The zero-order chi connectivity index (χ0) is 19.6. The van der Waals surface area contributed by atoms with Gasteiger partial charge in [-0.2, -0.15) is 0 Å². The van der Waals surface area contributed by atoms with E-state index in [0.717, 1.165) is 41.5 Å². The highest BCUT2D eigenvalue weighted by Gasteiger charge is 2.22. The van der Waals surface area contributed by atoms with Crippen LogP contribution in [0.5, 0.6) is 5.75 Å². The fraction of sp³-hybridized carbons (Fsp3) is 0.368. The van der Waals surface area contributed by atoms with Crippen molar-refractivity contribution in [1.82, 2.24) is 9.62 Å². The van der Waals surface area contributed by atoms with E-state index in [1.165, 1.54) is 0 Å². The van der Waals surface area contributed by atoms with Gasteiger partial charge in [-0.15, -0.1) is 0 Å². The molecule has 2 aromatic rings. The summed E-state index contributed by atoms with van der Waals surface area (Å²) in [6.07, 6.45) is 0.827. The van der Waals surface area contributed by atoms with Crippen molar-refractivity contribution in [3.8, 4) is 5.75 Å². The molecule has 27 heavy (non-hydrogen) atoms. The highest BCUT2D eigenvalue weighted by molar-refractivity contribution is 7.88. The van der Waals surface area contributed by atoms with Crippen molar-refractivity contribution in [3.63, 3.8) is 0 Å². The quantitative estimate of drug-likeness (QED) is 0.782. The van der Waals surface area contributed by atoms with Gasteiger partial charge in [0.25, 0.3) is 0 Å².